The van der Waals surface area contributed by atoms with Crippen molar-refractivity contribution in [1.82, 2.24) is 4.98 Å². The molecule has 0 atom stereocenters. The Balaban J connectivity index is 2.72. The quantitative estimate of drug-likeness (QED) is 0.574. The largest absolute Gasteiger partial charge is 0.423 e. The Labute approximate surface area is 52.3 Å². The zero-order valence-electron chi connectivity index (χ0n) is 4.57. The second-order valence-electron chi connectivity index (χ2n) is 1.37. The molecule has 0 bridgehead atoms. The average molecular weight is 122 g/mol. The van der Waals surface area contributed by atoms with Gasteiger partial charge in [0.1, 0.15) is 5.75 Å². The minimum absolute atomic E-state index is 0.458. The molecule has 9 heavy (non-hydrogen) atoms. The maximum absolute atomic E-state index is 9.61. The standard InChI is InChI=1S/C6H4NO2/c8-5-9-6-1-3-7-4-2-6/h1-4H. The number of rotatable bonds is 2. The highest BCUT2D eigenvalue weighted by Crippen LogP contribution is 2.03. The van der Waals surface area contributed by atoms with Crippen molar-refractivity contribution in [3.05, 3.63) is 24.5 Å². The van der Waals surface area contributed by atoms with Gasteiger partial charge in [-0.25, -0.2) is 4.79 Å². The van der Waals surface area contributed by atoms with Gasteiger partial charge in [0, 0.05) is 12.4 Å². The predicted octanol–water partition coefficient (Wildman–Crippen LogP) is 0.528. The summed E-state index contributed by atoms with van der Waals surface area (Å²) in [5.74, 6) is 0.458. The van der Waals surface area contributed by atoms with Gasteiger partial charge in [-0.15, -0.1) is 0 Å². The number of pyridine rings is 1. The lowest BCUT2D eigenvalue weighted by molar-refractivity contribution is 0.442. The van der Waals surface area contributed by atoms with Crippen molar-refractivity contribution in [3.8, 4) is 5.75 Å². The third kappa shape index (κ3) is 1.53. The molecule has 3 heteroatoms. The van der Waals surface area contributed by atoms with Crippen LogP contribution in [0.4, 0.5) is 0 Å². The first-order valence-corrected chi connectivity index (χ1v) is 2.37. The van der Waals surface area contributed by atoms with Crippen LogP contribution in [-0.4, -0.2) is 11.5 Å². The van der Waals surface area contributed by atoms with E-state index in [0.29, 0.717) is 5.75 Å². The van der Waals surface area contributed by atoms with Crippen molar-refractivity contribution in [2.45, 2.75) is 0 Å². The van der Waals surface area contributed by atoms with Gasteiger partial charge in [0.05, 0.1) is 0 Å². The molecule has 1 rings (SSSR count). The van der Waals surface area contributed by atoms with Crippen molar-refractivity contribution in [2.75, 3.05) is 0 Å². The van der Waals surface area contributed by atoms with Gasteiger partial charge >= 0.3 is 6.47 Å². The molecule has 0 N–H and O–H groups in total. The third-order valence-corrected chi connectivity index (χ3v) is 0.809. The molecular formula is C6H4NO2. The van der Waals surface area contributed by atoms with Gasteiger partial charge in [0.15, 0.2) is 0 Å². The van der Waals surface area contributed by atoms with Crippen LogP contribution in [0.5, 0.6) is 5.75 Å². The summed E-state index contributed by atoms with van der Waals surface area (Å²) >= 11 is 0. The lowest BCUT2D eigenvalue weighted by Gasteiger charge is -1.90. The SMILES string of the molecule is O=[C]Oc1ccncc1. The van der Waals surface area contributed by atoms with Crippen LogP contribution in [0.3, 0.4) is 0 Å². The maximum Gasteiger partial charge on any atom is 0.423 e. The van der Waals surface area contributed by atoms with E-state index in [9.17, 15) is 4.79 Å². The maximum atomic E-state index is 9.61. The number of nitrogens with zero attached hydrogens (tertiary/aromatic N) is 1. The molecule has 1 aromatic rings. The number of ether oxygens (including phenoxy) is 1. The molecule has 0 aliphatic rings. The van der Waals surface area contributed by atoms with E-state index in [0.717, 1.165) is 0 Å². The molecule has 1 radical (unpaired) electrons. The van der Waals surface area contributed by atoms with Crippen molar-refractivity contribution in [3.63, 3.8) is 0 Å². The van der Waals surface area contributed by atoms with Crippen LogP contribution in [0.2, 0.25) is 0 Å². The minimum atomic E-state index is 0.458. The first-order valence-electron chi connectivity index (χ1n) is 2.37. The van der Waals surface area contributed by atoms with Gasteiger partial charge in [0.25, 0.3) is 0 Å². The van der Waals surface area contributed by atoms with Crippen LogP contribution in [-0.2, 0) is 4.79 Å². The van der Waals surface area contributed by atoms with Gasteiger partial charge in [-0.3, -0.25) is 4.98 Å². The monoisotopic (exact) mass is 122 g/mol. The van der Waals surface area contributed by atoms with Crippen molar-refractivity contribution < 1.29 is 9.53 Å². The van der Waals surface area contributed by atoms with E-state index in [4.69, 9.17) is 0 Å². The second-order valence-corrected chi connectivity index (χ2v) is 1.37. The summed E-state index contributed by atoms with van der Waals surface area (Å²) in [6.45, 7) is 1.31. The van der Waals surface area contributed by atoms with Crippen molar-refractivity contribution in [2.24, 2.45) is 0 Å². The molecule has 0 aliphatic heterocycles. The van der Waals surface area contributed by atoms with E-state index in [2.05, 4.69) is 9.72 Å². The van der Waals surface area contributed by atoms with Crippen LogP contribution in [0.1, 0.15) is 0 Å². The minimum Gasteiger partial charge on any atom is -0.418 e. The molecule has 0 saturated carbocycles. The summed E-state index contributed by atoms with van der Waals surface area (Å²) in [5, 5.41) is 0. The molecule has 0 unspecified atom stereocenters. The van der Waals surface area contributed by atoms with Gasteiger partial charge in [-0.05, 0) is 12.1 Å². The van der Waals surface area contributed by atoms with Crippen LogP contribution >= 0.6 is 0 Å². The second kappa shape index (κ2) is 2.81. The Morgan fingerprint density at radius 3 is 2.67 bits per heavy atom. The zero-order valence-corrected chi connectivity index (χ0v) is 4.57. The van der Waals surface area contributed by atoms with E-state index in [1.54, 1.807) is 12.1 Å². The molecule has 1 aromatic heterocycles. The molecule has 0 aromatic carbocycles. The summed E-state index contributed by atoms with van der Waals surface area (Å²) in [7, 11) is 0. The summed E-state index contributed by atoms with van der Waals surface area (Å²) in [4.78, 5) is 13.3. The van der Waals surface area contributed by atoms with Gasteiger partial charge < -0.3 is 4.74 Å². The normalized spacial score (nSPS) is 8.44. The van der Waals surface area contributed by atoms with Crippen molar-refractivity contribution in [1.29, 1.82) is 0 Å². The zero-order chi connectivity index (χ0) is 6.53. The summed E-state index contributed by atoms with van der Waals surface area (Å²) < 4.78 is 4.36. The number of aromatic nitrogens is 1. The number of carbonyl (C=O) groups excluding carboxylic acids is 1. The Morgan fingerprint density at radius 1 is 1.44 bits per heavy atom. The van der Waals surface area contributed by atoms with E-state index in [-0.39, 0.29) is 0 Å². The van der Waals surface area contributed by atoms with Crippen LogP contribution in [0, 0.1) is 0 Å². The Kier molecular flexibility index (Phi) is 1.80. The Morgan fingerprint density at radius 2 is 2.11 bits per heavy atom. The van der Waals surface area contributed by atoms with Gasteiger partial charge in [-0.2, -0.15) is 0 Å². The van der Waals surface area contributed by atoms with E-state index in [1.165, 1.54) is 18.9 Å². The molecule has 0 aliphatic carbocycles. The molecule has 0 spiro atoms. The molecule has 1 heterocycles. The van der Waals surface area contributed by atoms with E-state index >= 15 is 0 Å². The smallest absolute Gasteiger partial charge is 0.418 e. The van der Waals surface area contributed by atoms with Crippen LogP contribution in [0.25, 0.3) is 0 Å². The van der Waals surface area contributed by atoms with E-state index < -0.39 is 0 Å². The fourth-order valence-corrected chi connectivity index (χ4v) is 0.454. The molecule has 0 fully saturated rings. The lowest BCUT2D eigenvalue weighted by atomic mass is 10.5. The lowest BCUT2D eigenvalue weighted by Crippen LogP contribution is -1.86. The van der Waals surface area contributed by atoms with Gasteiger partial charge in [0.2, 0.25) is 0 Å². The van der Waals surface area contributed by atoms with Crippen LogP contribution in [0.15, 0.2) is 24.5 Å². The summed E-state index contributed by atoms with van der Waals surface area (Å²) in [6, 6.07) is 3.15. The number of hydrogen-bond acceptors (Lipinski definition) is 3. The van der Waals surface area contributed by atoms with Crippen molar-refractivity contribution >= 4 is 6.47 Å². The van der Waals surface area contributed by atoms with Gasteiger partial charge in [-0.1, -0.05) is 0 Å². The molecular weight excluding hydrogens is 118 g/mol. The fourth-order valence-electron chi connectivity index (χ4n) is 0.454. The average Bonchev–Trinajstić information content (AvgIpc) is 1.91. The van der Waals surface area contributed by atoms with Crippen LogP contribution < -0.4 is 4.74 Å². The summed E-state index contributed by atoms with van der Waals surface area (Å²) in [5.41, 5.74) is 0. The third-order valence-electron chi connectivity index (χ3n) is 0.809. The predicted molar refractivity (Wildman–Crippen MR) is 30.6 cm³/mol. The first kappa shape index (κ1) is 5.75. The first-order chi connectivity index (χ1) is 4.43. The molecule has 45 valence electrons. The highest BCUT2D eigenvalue weighted by molar-refractivity contribution is 5.45. The highest BCUT2D eigenvalue weighted by Gasteiger charge is 1.86. The topological polar surface area (TPSA) is 39.2 Å². The Hall–Kier alpha value is -1.38. The molecule has 0 saturated heterocycles. The number of hydrogen-bond donors (Lipinski definition) is 0. The highest BCUT2D eigenvalue weighted by atomic mass is 16.5. The molecule has 3 nitrogen and oxygen atoms in total. The fraction of sp³-hybridized carbons (Fsp3) is 0. The summed E-state index contributed by atoms with van der Waals surface area (Å²) in [6.07, 6.45) is 3.07. The van der Waals surface area contributed by atoms with E-state index in [1.807, 2.05) is 0 Å². The Bertz CT molecular complexity index is 186. The molecule has 0 amide bonds.